The maximum atomic E-state index is 12.5. The molecule has 1 N–H and O–H groups in total. The lowest BCUT2D eigenvalue weighted by atomic mass is 10.1. The number of nitro groups is 1. The van der Waals surface area contributed by atoms with Crippen LogP contribution in [0.3, 0.4) is 0 Å². The third-order valence-corrected chi connectivity index (χ3v) is 4.74. The van der Waals surface area contributed by atoms with Crippen molar-refractivity contribution in [1.82, 2.24) is 0 Å². The van der Waals surface area contributed by atoms with Crippen LogP contribution in [-0.2, 0) is 4.79 Å². The Kier molecular flexibility index (Phi) is 3.96. The standard InChI is InChI=1S/C17H20N2O3/c1-11-8-9-12(19(21)22)10-15(11)18-17(20)16-13-6-4-2-3-5-7-14(13)16/h4,6,8-10,13-14,16H,2-3,5,7H2,1H3,(H,18,20)/t13-,14+,16+/m0/s1. The van der Waals surface area contributed by atoms with Gasteiger partial charge in [-0.2, -0.15) is 0 Å². The summed E-state index contributed by atoms with van der Waals surface area (Å²) in [6, 6.07) is 4.57. The molecule has 1 aromatic carbocycles. The van der Waals surface area contributed by atoms with E-state index in [1.807, 2.05) is 6.92 Å². The topological polar surface area (TPSA) is 72.2 Å². The van der Waals surface area contributed by atoms with Gasteiger partial charge in [-0.25, -0.2) is 0 Å². The monoisotopic (exact) mass is 300 g/mol. The molecule has 0 unspecified atom stereocenters. The van der Waals surface area contributed by atoms with Crippen molar-refractivity contribution in [1.29, 1.82) is 0 Å². The highest BCUT2D eigenvalue weighted by Crippen LogP contribution is 2.51. The number of carbonyl (C=O) groups excluding carboxylic acids is 1. The molecule has 1 amide bonds. The summed E-state index contributed by atoms with van der Waals surface area (Å²) in [6.45, 7) is 1.84. The summed E-state index contributed by atoms with van der Waals surface area (Å²) in [7, 11) is 0. The molecule has 0 aromatic heterocycles. The largest absolute Gasteiger partial charge is 0.325 e. The van der Waals surface area contributed by atoms with Gasteiger partial charge >= 0.3 is 0 Å². The van der Waals surface area contributed by atoms with Gasteiger partial charge in [-0.15, -0.1) is 0 Å². The predicted molar refractivity (Wildman–Crippen MR) is 84.5 cm³/mol. The number of nitrogens with zero attached hydrogens (tertiary/aromatic N) is 1. The first-order valence-electron chi connectivity index (χ1n) is 7.80. The van der Waals surface area contributed by atoms with Crippen LogP contribution >= 0.6 is 0 Å². The first-order valence-corrected chi connectivity index (χ1v) is 7.80. The van der Waals surface area contributed by atoms with E-state index in [2.05, 4.69) is 17.5 Å². The highest BCUT2D eigenvalue weighted by molar-refractivity contribution is 5.96. The molecule has 0 spiro atoms. The van der Waals surface area contributed by atoms with Crippen LogP contribution in [-0.4, -0.2) is 10.8 Å². The van der Waals surface area contributed by atoms with Crippen molar-refractivity contribution in [3.63, 3.8) is 0 Å². The van der Waals surface area contributed by atoms with Crippen molar-refractivity contribution in [2.24, 2.45) is 17.8 Å². The zero-order valence-corrected chi connectivity index (χ0v) is 12.6. The van der Waals surface area contributed by atoms with Crippen LogP contribution in [0, 0.1) is 34.8 Å². The summed E-state index contributed by atoms with van der Waals surface area (Å²) >= 11 is 0. The van der Waals surface area contributed by atoms with Gasteiger partial charge in [0, 0.05) is 18.1 Å². The molecule has 1 fully saturated rings. The molecule has 1 aromatic rings. The number of anilines is 1. The van der Waals surface area contributed by atoms with Gasteiger partial charge in [-0.05, 0) is 43.6 Å². The second-order valence-corrected chi connectivity index (χ2v) is 6.23. The van der Waals surface area contributed by atoms with Crippen molar-refractivity contribution in [3.05, 3.63) is 46.0 Å². The maximum absolute atomic E-state index is 12.5. The molecule has 5 heteroatoms. The average Bonchev–Trinajstić information content (AvgIpc) is 3.12. The molecule has 0 heterocycles. The lowest BCUT2D eigenvalue weighted by Gasteiger charge is -2.08. The summed E-state index contributed by atoms with van der Waals surface area (Å²) in [5.41, 5.74) is 1.39. The number of rotatable bonds is 3. The van der Waals surface area contributed by atoms with Crippen LogP contribution < -0.4 is 5.32 Å². The highest BCUT2D eigenvalue weighted by Gasteiger charge is 2.52. The number of carbonyl (C=O) groups is 1. The van der Waals surface area contributed by atoms with Crippen LogP contribution in [0.2, 0.25) is 0 Å². The van der Waals surface area contributed by atoms with Crippen LogP contribution in [0.4, 0.5) is 11.4 Å². The summed E-state index contributed by atoms with van der Waals surface area (Å²) in [5.74, 6) is 0.799. The molecule has 116 valence electrons. The molecule has 0 radical (unpaired) electrons. The molecule has 2 aliphatic carbocycles. The van der Waals surface area contributed by atoms with E-state index in [9.17, 15) is 14.9 Å². The number of fused-ring (bicyclic) bond motifs is 1. The SMILES string of the molecule is Cc1ccc([N+](=O)[O-])cc1NC(=O)[C@@H]1[C@H]2C=CCCCC[C@H]21. The Morgan fingerprint density at radius 3 is 2.95 bits per heavy atom. The van der Waals surface area contributed by atoms with Crippen molar-refractivity contribution in [2.45, 2.75) is 32.6 Å². The molecule has 5 nitrogen and oxygen atoms in total. The normalized spacial score (nSPS) is 26.5. The van der Waals surface area contributed by atoms with E-state index in [4.69, 9.17) is 0 Å². The Hall–Kier alpha value is -2.17. The Bertz CT molecular complexity index is 639. The second-order valence-electron chi connectivity index (χ2n) is 6.23. The predicted octanol–water partition coefficient (Wildman–Crippen LogP) is 3.83. The van der Waals surface area contributed by atoms with Crippen molar-refractivity contribution in [2.75, 3.05) is 5.32 Å². The average molecular weight is 300 g/mol. The van der Waals surface area contributed by atoms with Gasteiger partial charge < -0.3 is 5.32 Å². The Morgan fingerprint density at radius 1 is 1.36 bits per heavy atom. The molecule has 0 bridgehead atoms. The summed E-state index contributed by atoms with van der Waals surface area (Å²) in [4.78, 5) is 22.9. The maximum Gasteiger partial charge on any atom is 0.271 e. The fourth-order valence-electron chi connectivity index (χ4n) is 3.37. The lowest BCUT2D eigenvalue weighted by Crippen LogP contribution is -2.16. The minimum absolute atomic E-state index is 0.00242. The van der Waals surface area contributed by atoms with E-state index in [0.29, 0.717) is 17.5 Å². The highest BCUT2D eigenvalue weighted by atomic mass is 16.6. The van der Waals surface area contributed by atoms with Gasteiger partial charge in [0.1, 0.15) is 0 Å². The van der Waals surface area contributed by atoms with Crippen LogP contribution in [0.1, 0.15) is 31.2 Å². The number of allylic oxidation sites excluding steroid dienone is 2. The van der Waals surface area contributed by atoms with Crippen LogP contribution in [0.15, 0.2) is 30.4 Å². The molecule has 0 aliphatic heterocycles. The van der Waals surface area contributed by atoms with E-state index in [1.54, 1.807) is 6.07 Å². The van der Waals surface area contributed by atoms with E-state index >= 15 is 0 Å². The Labute approximate surface area is 129 Å². The van der Waals surface area contributed by atoms with E-state index in [0.717, 1.165) is 18.4 Å². The van der Waals surface area contributed by atoms with Gasteiger partial charge in [0.05, 0.1) is 10.6 Å². The lowest BCUT2D eigenvalue weighted by molar-refractivity contribution is -0.384. The van der Waals surface area contributed by atoms with Gasteiger partial charge in [0.25, 0.3) is 5.69 Å². The molecular formula is C17H20N2O3. The summed E-state index contributed by atoms with van der Waals surface area (Å²) in [6.07, 6.45) is 8.92. The van der Waals surface area contributed by atoms with Gasteiger partial charge in [0.2, 0.25) is 5.91 Å². The third-order valence-electron chi connectivity index (χ3n) is 4.74. The zero-order chi connectivity index (χ0) is 15.7. The fourth-order valence-corrected chi connectivity index (χ4v) is 3.37. The van der Waals surface area contributed by atoms with Crippen molar-refractivity contribution >= 4 is 17.3 Å². The number of nitrogens with one attached hydrogen (secondary N) is 1. The molecular weight excluding hydrogens is 280 g/mol. The van der Waals surface area contributed by atoms with Gasteiger partial charge in [-0.3, -0.25) is 14.9 Å². The summed E-state index contributed by atoms with van der Waals surface area (Å²) in [5, 5.41) is 13.7. The molecule has 3 rings (SSSR count). The Balaban J connectivity index is 1.72. The number of nitro benzene ring substituents is 1. The zero-order valence-electron chi connectivity index (χ0n) is 12.6. The number of hydrogen-bond donors (Lipinski definition) is 1. The first-order chi connectivity index (χ1) is 10.6. The molecule has 3 atom stereocenters. The number of benzene rings is 1. The number of amides is 1. The van der Waals surface area contributed by atoms with E-state index in [-0.39, 0.29) is 17.5 Å². The minimum Gasteiger partial charge on any atom is -0.325 e. The molecule has 0 saturated heterocycles. The van der Waals surface area contributed by atoms with E-state index in [1.165, 1.54) is 25.0 Å². The minimum atomic E-state index is -0.441. The Morgan fingerprint density at radius 2 is 2.18 bits per heavy atom. The van der Waals surface area contributed by atoms with Gasteiger partial charge in [0.15, 0.2) is 0 Å². The summed E-state index contributed by atoms with van der Waals surface area (Å²) < 4.78 is 0. The van der Waals surface area contributed by atoms with Crippen LogP contribution in [0.25, 0.3) is 0 Å². The van der Waals surface area contributed by atoms with Crippen molar-refractivity contribution in [3.8, 4) is 0 Å². The van der Waals surface area contributed by atoms with E-state index < -0.39 is 4.92 Å². The quantitative estimate of drug-likeness (QED) is 0.524. The second kappa shape index (κ2) is 5.91. The number of aryl methyl sites for hydroxylation is 1. The fraction of sp³-hybridized carbons (Fsp3) is 0.471. The van der Waals surface area contributed by atoms with Crippen molar-refractivity contribution < 1.29 is 9.72 Å². The molecule has 1 saturated carbocycles. The third kappa shape index (κ3) is 2.89. The number of non-ortho nitro benzene ring substituents is 1. The first kappa shape index (κ1) is 14.8. The smallest absolute Gasteiger partial charge is 0.271 e. The van der Waals surface area contributed by atoms with Crippen LogP contribution in [0.5, 0.6) is 0 Å². The van der Waals surface area contributed by atoms with Gasteiger partial charge in [-0.1, -0.05) is 24.6 Å². The molecule has 22 heavy (non-hydrogen) atoms. The molecule has 2 aliphatic rings. The number of hydrogen-bond acceptors (Lipinski definition) is 3.